The van der Waals surface area contributed by atoms with Crippen molar-refractivity contribution in [1.29, 1.82) is 0 Å². The average Bonchev–Trinajstić information content (AvgIpc) is 2.73. The van der Waals surface area contributed by atoms with Crippen LogP contribution in [0.15, 0.2) is 89.9 Å². The molecular formula is C26H22N2. The van der Waals surface area contributed by atoms with Crippen LogP contribution in [0.1, 0.15) is 33.9 Å². The fourth-order valence-corrected chi connectivity index (χ4v) is 4.15. The molecule has 4 aromatic rings. The lowest BCUT2D eigenvalue weighted by molar-refractivity contribution is 0.872. The van der Waals surface area contributed by atoms with Gasteiger partial charge in [0.2, 0.25) is 0 Å². The molecule has 0 saturated carbocycles. The van der Waals surface area contributed by atoms with Crippen LogP contribution in [-0.2, 0) is 0 Å². The van der Waals surface area contributed by atoms with E-state index in [1.54, 1.807) is 0 Å². The summed E-state index contributed by atoms with van der Waals surface area (Å²) in [6.45, 7) is 4.28. The number of amidine groups is 1. The number of fused-ring (bicyclic) bond motifs is 3. The Kier molecular flexibility index (Phi) is 3.98. The highest BCUT2D eigenvalue weighted by atomic mass is 15.0. The highest BCUT2D eigenvalue weighted by molar-refractivity contribution is 6.12. The van der Waals surface area contributed by atoms with Gasteiger partial charge in [0.05, 0.1) is 0 Å². The summed E-state index contributed by atoms with van der Waals surface area (Å²) < 4.78 is 0. The molecule has 0 amide bonds. The lowest BCUT2D eigenvalue weighted by atomic mass is 9.90. The topological polar surface area (TPSA) is 24.4 Å². The molecule has 0 fully saturated rings. The number of aliphatic imine (C=N–C) groups is 1. The predicted octanol–water partition coefficient (Wildman–Crippen LogP) is 6.42. The van der Waals surface area contributed by atoms with Crippen LogP contribution in [0.4, 0.5) is 5.69 Å². The highest BCUT2D eigenvalue weighted by Crippen LogP contribution is 2.40. The minimum absolute atomic E-state index is 0.0285. The summed E-state index contributed by atoms with van der Waals surface area (Å²) in [6.07, 6.45) is 0. The van der Waals surface area contributed by atoms with Crippen LogP contribution in [0.2, 0.25) is 0 Å². The minimum atomic E-state index is -0.0285. The monoisotopic (exact) mass is 362 g/mol. The van der Waals surface area contributed by atoms with Crippen LogP contribution in [0.25, 0.3) is 10.8 Å². The number of rotatable bonds is 2. The minimum Gasteiger partial charge on any atom is -0.340 e. The van der Waals surface area contributed by atoms with E-state index in [-0.39, 0.29) is 6.04 Å². The second kappa shape index (κ2) is 6.65. The number of nitrogens with zero attached hydrogens (tertiary/aromatic N) is 1. The largest absolute Gasteiger partial charge is 0.340 e. The summed E-state index contributed by atoms with van der Waals surface area (Å²) in [7, 11) is 0. The van der Waals surface area contributed by atoms with Crippen LogP contribution in [0.5, 0.6) is 0 Å². The zero-order valence-electron chi connectivity index (χ0n) is 16.1. The number of anilines is 1. The molecule has 1 aliphatic rings. The number of nitrogens with one attached hydrogen (secondary N) is 1. The van der Waals surface area contributed by atoms with Gasteiger partial charge in [-0.05, 0) is 41.8 Å². The zero-order chi connectivity index (χ0) is 19.1. The lowest BCUT2D eigenvalue weighted by Crippen LogP contribution is -2.23. The molecule has 2 heteroatoms. The number of hydrogen-bond donors (Lipinski definition) is 1. The van der Waals surface area contributed by atoms with Crippen LogP contribution >= 0.6 is 0 Å². The van der Waals surface area contributed by atoms with E-state index in [2.05, 4.69) is 104 Å². The van der Waals surface area contributed by atoms with E-state index in [1.807, 2.05) is 0 Å². The summed E-state index contributed by atoms with van der Waals surface area (Å²) in [4.78, 5) is 5.21. The van der Waals surface area contributed by atoms with Crippen molar-refractivity contribution in [2.75, 3.05) is 5.32 Å². The molecule has 5 rings (SSSR count). The molecule has 1 atom stereocenters. The quantitative estimate of drug-likeness (QED) is 0.437. The third-order valence-electron chi connectivity index (χ3n) is 5.51. The Morgan fingerprint density at radius 1 is 0.786 bits per heavy atom. The molecule has 1 aliphatic heterocycles. The SMILES string of the molecule is Cc1ccc(C2=NC(c3ccccc3)c3c(ccc4ccccc34)N2)c(C)c1. The molecule has 4 aromatic carbocycles. The second-order valence-corrected chi connectivity index (χ2v) is 7.48. The summed E-state index contributed by atoms with van der Waals surface area (Å²) in [5, 5.41) is 6.11. The van der Waals surface area contributed by atoms with Gasteiger partial charge in [-0.25, -0.2) is 0 Å². The summed E-state index contributed by atoms with van der Waals surface area (Å²) in [5.74, 6) is 0.939. The number of aryl methyl sites for hydroxylation is 2. The van der Waals surface area contributed by atoms with Crippen molar-refractivity contribution in [3.05, 3.63) is 113 Å². The van der Waals surface area contributed by atoms with Gasteiger partial charge in [0.15, 0.2) is 0 Å². The maximum atomic E-state index is 5.21. The molecule has 0 aliphatic carbocycles. The molecule has 1 heterocycles. The van der Waals surface area contributed by atoms with E-state index in [9.17, 15) is 0 Å². The van der Waals surface area contributed by atoms with E-state index in [0.717, 1.165) is 17.1 Å². The van der Waals surface area contributed by atoms with Crippen molar-refractivity contribution in [3.8, 4) is 0 Å². The average molecular weight is 362 g/mol. The first kappa shape index (κ1) is 16.8. The van der Waals surface area contributed by atoms with Gasteiger partial charge in [-0.15, -0.1) is 0 Å². The Balaban J connectivity index is 1.75. The molecule has 0 bridgehead atoms. The maximum Gasteiger partial charge on any atom is 0.133 e. The molecule has 1 unspecified atom stereocenters. The van der Waals surface area contributed by atoms with Gasteiger partial charge < -0.3 is 5.32 Å². The first-order valence-electron chi connectivity index (χ1n) is 9.70. The van der Waals surface area contributed by atoms with Crippen LogP contribution in [0.3, 0.4) is 0 Å². The molecule has 0 radical (unpaired) electrons. The van der Waals surface area contributed by atoms with Gasteiger partial charge in [-0.3, -0.25) is 4.99 Å². The van der Waals surface area contributed by atoms with E-state index in [0.29, 0.717) is 0 Å². The summed E-state index contributed by atoms with van der Waals surface area (Å²) in [6, 6.07) is 30.0. The number of hydrogen-bond acceptors (Lipinski definition) is 2. The number of benzene rings is 4. The predicted molar refractivity (Wildman–Crippen MR) is 118 cm³/mol. The van der Waals surface area contributed by atoms with E-state index >= 15 is 0 Å². The van der Waals surface area contributed by atoms with Crippen molar-refractivity contribution in [3.63, 3.8) is 0 Å². The van der Waals surface area contributed by atoms with Crippen molar-refractivity contribution in [1.82, 2.24) is 0 Å². The molecule has 1 N–H and O–H groups in total. The van der Waals surface area contributed by atoms with Crippen molar-refractivity contribution in [2.24, 2.45) is 4.99 Å². The summed E-state index contributed by atoms with van der Waals surface area (Å²) >= 11 is 0. The maximum absolute atomic E-state index is 5.21. The third kappa shape index (κ3) is 2.78. The molecule has 2 nitrogen and oxygen atoms in total. The Labute approximate surface area is 165 Å². The molecule has 28 heavy (non-hydrogen) atoms. The lowest BCUT2D eigenvalue weighted by Gasteiger charge is -2.28. The first-order valence-corrected chi connectivity index (χ1v) is 9.70. The van der Waals surface area contributed by atoms with Crippen LogP contribution < -0.4 is 5.32 Å². The van der Waals surface area contributed by atoms with Gasteiger partial charge in [-0.2, -0.15) is 0 Å². The van der Waals surface area contributed by atoms with E-state index in [1.165, 1.54) is 33.0 Å². The standard InChI is InChI=1S/C26H22N2/c1-17-12-14-21(18(2)16-17)26-27-23-15-13-19-8-6-7-11-22(19)24(23)25(28-26)20-9-4-3-5-10-20/h3-16,25H,1-2H3,(H,27,28). The van der Waals surface area contributed by atoms with Gasteiger partial charge in [0, 0.05) is 16.8 Å². The highest BCUT2D eigenvalue weighted by Gasteiger charge is 2.26. The Morgan fingerprint density at radius 2 is 1.57 bits per heavy atom. The molecule has 0 spiro atoms. The Hall–Kier alpha value is -3.39. The van der Waals surface area contributed by atoms with Gasteiger partial charge >= 0.3 is 0 Å². The second-order valence-electron chi connectivity index (χ2n) is 7.48. The normalized spacial score (nSPS) is 15.6. The van der Waals surface area contributed by atoms with Crippen LogP contribution in [-0.4, -0.2) is 5.84 Å². The molecule has 136 valence electrons. The summed E-state index contributed by atoms with van der Waals surface area (Å²) in [5.41, 5.74) is 7.26. The zero-order valence-corrected chi connectivity index (χ0v) is 16.1. The van der Waals surface area contributed by atoms with Gasteiger partial charge in [-0.1, -0.05) is 84.4 Å². The fourth-order valence-electron chi connectivity index (χ4n) is 4.15. The molecule has 0 saturated heterocycles. The third-order valence-corrected chi connectivity index (χ3v) is 5.51. The van der Waals surface area contributed by atoms with E-state index < -0.39 is 0 Å². The Bertz CT molecular complexity index is 1210. The first-order chi connectivity index (χ1) is 13.7. The smallest absolute Gasteiger partial charge is 0.133 e. The Morgan fingerprint density at radius 3 is 2.39 bits per heavy atom. The van der Waals surface area contributed by atoms with Crippen molar-refractivity contribution >= 4 is 22.3 Å². The molecular weight excluding hydrogens is 340 g/mol. The molecule has 0 aromatic heterocycles. The van der Waals surface area contributed by atoms with Crippen molar-refractivity contribution < 1.29 is 0 Å². The van der Waals surface area contributed by atoms with Crippen molar-refractivity contribution in [2.45, 2.75) is 19.9 Å². The van der Waals surface area contributed by atoms with Gasteiger partial charge in [0.25, 0.3) is 0 Å². The van der Waals surface area contributed by atoms with Gasteiger partial charge in [0.1, 0.15) is 11.9 Å². The van der Waals surface area contributed by atoms with E-state index in [4.69, 9.17) is 4.99 Å². The van der Waals surface area contributed by atoms with Crippen LogP contribution in [0, 0.1) is 13.8 Å². The fraction of sp³-hybridized carbons (Fsp3) is 0.115.